The van der Waals surface area contributed by atoms with Crippen LogP contribution in [0.3, 0.4) is 0 Å². The molecule has 0 spiro atoms. The van der Waals surface area contributed by atoms with Crippen LogP contribution in [0.4, 0.5) is 0 Å². The molecular formula is C13H21N3O4S. The third-order valence-electron chi connectivity index (χ3n) is 3.83. The number of nitrogens with zero attached hydrogens (tertiary/aromatic N) is 2. The Morgan fingerprint density at radius 3 is 2.90 bits per heavy atom. The molecule has 1 fully saturated rings. The van der Waals surface area contributed by atoms with Gasteiger partial charge in [0.1, 0.15) is 0 Å². The zero-order valence-corrected chi connectivity index (χ0v) is 13.1. The highest BCUT2D eigenvalue weighted by Gasteiger charge is 2.41. The summed E-state index contributed by atoms with van der Waals surface area (Å²) in [6, 6.07) is 0. The van der Waals surface area contributed by atoms with Crippen LogP contribution in [0.25, 0.3) is 0 Å². The number of sulfonamides is 1. The van der Waals surface area contributed by atoms with Gasteiger partial charge in [-0.3, -0.25) is 9.48 Å². The first-order chi connectivity index (χ1) is 9.94. The van der Waals surface area contributed by atoms with Crippen molar-refractivity contribution in [1.29, 1.82) is 0 Å². The molecule has 1 aliphatic carbocycles. The van der Waals surface area contributed by atoms with Crippen LogP contribution in [-0.4, -0.2) is 43.1 Å². The molecule has 8 heteroatoms. The third-order valence-corrected chi connectivity index (χ3v) is 5.80. The second-order valence-electron chi connectivity index (χ2n) is 5.31. The van der Waals surface area contributed by atoms with E-state index in [2.05, 4.69) is 9.82 Å². The van der Waals surface area contributed by atoms with E-state index < -0.39 is 27.2 Å². The monoisotopic (exact) mass is 315 g/mol. The maximum Gasteiger partial charge on any atom is 0.310 e. The molecule has 0 aromatic carbocycles. The van der Waals surface area contributed by atoms with Crippen LogP contribution in [-0.2, 0) is 33.0 Å². The number of carbonyl (C=O) groups excluding carboxylic acids is 1. The first kappa shape index (κ1) is 16.0. The molecule has 118 valence electrons. The van der Waals surface area contributed by atoms with Crippen molar-refractivity contribution in [3.8, 4) is 0 Å². The summed E-state index contributed by atoms with van der Waals surface area (Å²) < 4.78 is 33.6. The lowest BCUT2D eigenvalue weighted by Gasteiger charge is -2.18. The molecule has 0 saturated heterocycles. The number of nitrogens with one attached hydrogen (secondary N) is 1. The quantitative estimate of drug-likeness (QED) is 0.759. The molecule has 1 saturated carbocycles. The lowest BCUT2D eigenvalue weighted by molar-refractivity contribution is -0.145. The van der Waals surface area contributed by atoms with E-state index in [0.29, 0.717) is 25.8 Å². The van der Waals surface area contributed by atoms with Crippen LogP contribution in [0.1, 0.15) is 24.8 Å². The molecule has 0 aliphatic heterocycles. The highest BCUT2D eigenvalue weighted by atomic mass is 32.2. The zero-order valence-electron chi connectivity index (χ0n) is 12.3. The first-order valence-electron chi connectivity index (χ1n) is 6.98. The number of aromatic nitrogens is 2. The van der Waals surface area contributed by atoms with Gasteiger partial charge in [0.25, 0.3) is 0 Å². The van der Waals surface area contributed by atoms with E-state index in [0.717, 1.165) is 12.0 Å². The van der Waals surface area contributed by atoms with E-state index in [4.69, 9.17) is 4.74 Å². The topological polar surface area (TPSA) is 90.3 Å². The molecule has 0 bridgehead atoms. The zero-order chi connectivity index (χ0) is 15.5. The van der Waals surface area contributed by atoms with E-state index in [1.807, 2.05) is 13.2 Å². The van der Waals surface area contributed by atoms with Crippen molar-refractivity contribution in [2.24, 2.45) is 13.0 Å². The number of aryl methyl sites for hydroxylation is 1. The molecule has 2 rings (SSSR count). The van der Waals surface area contributed by atoms with Crippen LogP contribution in [0.5, 0.6) is 0 Å². The number of carbonyl (C=O) groups is 1. The lowest BCUT2D eigenvalue weighted by atomic mass is 10.1. The van der Waals surface area contributed by atoms with Crippen LogP contribution in [0.2, 0.25) is 0 Å². The van der Waals surface area contributed by atoms with Gasteiger partial charge in [0, 0.05) is 19.8 Å². The van der Waals surface area contributed by atoms with Crippen molar-refractivity contribution in [2.75, 3.05) is 13.7 Å². The fraction of sp³-hybridized carbons (Fsp3) is 0.692. The maximum absolute atomic E-state index is 12.3. The minimum atomic E-state index is -3.51. The molecule has 1 aliphatic rings. The Kier molecular flexibility index (Phi) is 5.00. The maximum atomic E-state index is 12.3. The molecule has 1 aromatic heterocycles. The van der Waals surface area contributed by atoms with Gasteiger partial charge in [0.2, 0.25) is 10.0 Å². The Balaban J connectivity index is 1.93. The molecule has 0 radical (unpaired) electrons. The largest absolute Gasteiger partial charge is 0.469 e. The number of rotatable bonds is 6. The molecule has 21 heavy (non-hydrogen) atoms. The molecule has 1 aromatic rings. The standard InChI is InChI=1S/C13H21N3O4S/c1-16-9-10(8-14-16)6-7-15-21(18,19)12-5-3-4-11(12)13(17)20-2/h8-9,11-12,15H,3-7H2,1-2H3. The number of hydrogen-bond donors (Lipinski definition) is 1. The summed E-state index contributed by atoms with van der Waals surface area (Å²) in [5.74, 6) is -0.985. The van der Waals surface area contributed by atoms with Gasteiger partial charge >= 0.3 is 5.97 Å². The predicted molar refractivity (Wildman–Crippen MR) is 77.0 cm³/mol. The van der Waals surface area contributed by atoms with Crippen LogP contribution in [0.15, 0.2) is 12.4 Å². The molecule has 2 atom stereocenters. The summed E-state index contributed by atoms with van der Waals surface area (Å²) >= 11 is 0. The summed E-state index contributed by atoms with van der Waals surface area (Å²) in [7, 11) is -0.401. The van der Waals surface area contributed by atoms with E-state index in [9.17, 15) is 13.2 Å². The van der Waals surface area contributed by atoms with E-state index >= 15 is 0 Å². The minimum Gasteiger partial charge on any atom is -0.469 e. The fourth-order valence-electron chi connectivity index (χ4n) is 2.76. The van der Waals surface area contributed by atoms with Gasteiger partial charge in [0.15, 0.2) is 0 Å². The van der Waals surface area contributed by atoms with Gasteiger partial charge in [-0.2, -0.15) is 5.10 Å². The fourth-order valence-corrected chi connectivity index (χ4v) is 4.52. The Hall–Kier alpha value is -1.41. The second-order valence-corrected chi connectivity index (χ2v) is 7.29. The van der Waals surface area contributed by atoms with E-state index in [-0.39, 0.29) is 0 Å². The number of ether oxygens (including phenoxy) is 1. The number of hydrogen-bond acceptors (Lipinski definition) is 5. The van der Waals surface area contributed by atoms with Gasteiger partial charge in [-0.15, -0.1) is 0 Å². The summed E-state index contributed by atoms with van der Waals surface area (Å²) in [6.07, 6.45) is 5.93. The van der Waals surface area contributed by atoms with Crippen LogP contribution >= 0.6 is 0 Å². The number of methoxy groups -OCH3 is 1. The third kappa shape index (κ3) is 3.82. The Morgan fingerprint density at radius 1 is 1.52 bits per heavy atom. The summed E-state index contributed by atoms with van der Waals surface area (Å²) in [4.78, 5) is 11.6. The second kappa shape index (κ2) is 6.57. The van der Waals surface area contributed by atoms with Crippen molar-refractivity contribution in [1.82, 2.24) is 14.5 Å². The van der Waals surface area contributed by atoms with Gasteiger partial charge in [0.05, 0.1) is 24.5 Å². The Bertz CT molecular complexity index is 596. The predicted octanol–water partition coefficient (Wildman–Crippen LogP) is 0.224. The minimum absolute atomic E-state index is 0.304. The summed E-state index contributed by atoms with van der Waals surface area (Å²) in [5.41, 5.74) is 0.969. The highest BCUT2D eigenvalue weighted by Crippen LogP contribution is 2.31. The average molecular weight is 315 g/mol. The van der Waals surface area contributed by atoms with Crippen molar-refractivity contribution in [3.63, 3.8) is 0 Å². The van der Waals surface area contributed by atoms with Gasteiger partial charge < -0.3 is 4.74 Å². The van der Waals surface area contributed by atoms with Crippen molar-refractivity contribution in [3.05, 3.63) is 18.0 Å². The van der Waals surface area contributed by atoms with Crippen molar-refractivity contribution >= 4 is 16.0 Å². The van der Waals surface area contributed by atoms with Gasteiger partial charge in [-0.05, 0) is 24.8 Å². The first-order valence-corrected chi connectivity index (χ1v) is 8.52. The highest BCUT2D eigenvalue weighted by molar-refractivity contribution is 7.90. The smallest absolute Gasteiger partial charge is 0.310 e. The molecule has 1 N–H and O–H groups in total. The van der Waals surface area contributed by atoms with Crippen molar-refractivity contribution < 1.29 is 17.9 Å². The Labute approximate surface area is 124 Å². The molecule has 1 heterocycles. The summed E-state index contributed by atoms with van der Waals surface area (Å²) in [6.45, 7) is 0.304. The van der Waals surface area contributed by atoms with Gasteiger partial charge in [-0.1, -0.05) is 6.42 Å². The lowest BCUT2D eigenvalue weighted by Crippen LogP contribution is -2.40. The normalized spacial score (nSPS) is 22.4. The van der Waals surface area contributed by atoms with E-state index in [1.165, 1.54) is 7.11 Å². The Morgan fingerprint density at radius 2 is 2.29 bits per heavy atom. The molecule has 7 nitrogen and oxygen atoms in total. The average Bonchev–Trinajstić information content (AvgIpc) is 3.07. The molecule has 2 unspecified atom stereocenters. The van der Waals surface area contributed by atoms with Crippen LogP contribution in [0, 0.1) is 5.92 Å². The van der Waals surface area contributed by atoms with Crippen LogP contribution < -0.4 is 4.72 Å². The SMILES string of the molecule is COC(=O)C1CCCC1S(=O)(=O)NCCc1cnn(C)c1. The molecule has 0 amide bonds. The van der Waals surface area contributed by atoms with E-state index in [1.54, 1.807) is 10.9 Å². The van der Waals surface area contributed by atoms with Crippen molar-refractivity contribution in [2.45, 2.75) is 30.9 Å². The summed E-state index contributed by atoms with van der Waals surface area (Å²) in [5, 5.41) is 3.35. The number of esters is 1. The van der Waals surface area contributed by atoms with Gasteiger partial charge in [-0.25, -0.2) is 13.1 Å². The molecular weight excluding hydrogens is 294 g/mol.